The number of nitrogens with zero attached hydrogens (tertiary/aromatic N) is 1. The number of aryl methyl sites for hydroxylation is 1. The van der Waals surface area contributed by atoms with Crippen LogP contribution in [0.25, 0.3) is 0 Å². The van der Waals surface area contributed by atoms with Crippen molar-refractivity contribution in [2.75, 3.05) is 0 Å². The number of carbonyl (C=O) groups excluding carboxylic acids is 1. The minimum absolute atomic E-state index is 0.00825. The monoisotopic (exact) mass is 546 g/mol. The third kappa shape index (κ3) is 6.34. The van der Waals surface area contributed by atoms with Gasteiger partial charge >= 0.3 is 5.97 Å². The predicted octanol–water partition coefficient (Wildman–Crippen LogP) is 6.80. The van der Waals surface area contributed by atoms with Crippen LogP contribution in [0.1, 0.15) is 52.4 Å². The first-order valence-electron chi connectivity index (χ1n) is 13.3. The lowest BCUT2D eigenvalue weighted by Gasteiger charge is -2.26. The third-order valence-electron chi connectivity index (χ3n) is 6.60. The number of allylic oxidation sites excluding steroid dienone is 1. The molecule has 7 heteroatoms. The summed E-state index contributed by atoms with van der Waals surface area (Å²) in [6, 6.07) is 29.8. The zero-order valence-corrected chi connectivity index (χ0v) is 23.1. The van der Waals surface area contributed by atoms with E-state index < -0.39 is 11.9 Å². The summed E-state index contributed by atoms with van der Waals surface area (Å²) in [6.07, 6.45) is 0.0329. The van der Waals surface area contributed by atoms with E-state index in [1.807, 2.05) is 57.2 Å². The Bertz CT molecular complexity index is 1620. The van der Waals surface area contributed by atoms with Crippen molar-refractivity contribution in [2.45, 2.75) is 39.4 Å². The van der Waals surface area contributed by atoms with Gasteiger partial charge in [-0.25, -0.2) is 4.79 Å². The maximum absolute atomic E-state index is 12.8. The quantitative estimate of drug-likeness (QED) is 0.191. The molecule has 7 nitrogen and oxygen atoms in total. The van der Waals surface area contributed by atoms with Gasteiger partial charge in [-0.05, 0) is 74.4 Å². The Balaban J connectivity index is 1.33. The van der Waals surface area contributed by atoms with Crippen molar-refractivity contribution in [3.8, 4) is 29.1 Å². The second-order valence-electron chi connectivity index (χ2n) is 10.0. The summed E-state index contributed by atoms with van der Waals surface area (Å²) in [5.74, 6) is 1.13. The molecule has 4 aromatic rings. The molecule has 1 aliphatic heterocycles. The molecule has 5 rings (SSSR count). The fourth-order valence-corrected chi connectivity index (χ4v) is 4.56. The number of esters is 1. The summed E-state index contributed by atoms with van der Waals surface area (Å²) in [6.45, 7) is 6.37. The molecule has 0 saturated carbocycles. The molecule has 206 valence electrons. The van der Waals surface area contributed by atoms with Gasteiger partial charge in [0.25, 0.3) is 0 Å². The number of rotatable bonds is 8. The first-order chi connectivity index (χ1) is 19.8. The summed E-state index contributed by atoms with van der Waals surface area (Å²) in [7, 11) is 0. The van der Waals surface area contributed by atoms with Crippen LogP contribution in [-0.4, -0.2) is 12.1 Å². The molecular weight excluding hydrogens is 516 g/mol. The summed E-state index contributed by atoms with van der Waals surface area (Å²) in [5, 5.41) is 9.90. The standard InChI is InChI=1S/C34H30N2O5/c1-21(2)39-27-14-10-25(11-15-27)34(37)40-28-16-17-29-31(18-28)41-33(36)30(19-35)32(29)24-8-12-26(13-9-24)38-20-23-6-4-22(3)5-7-23/h4-18,21,32H,20,36H2,1-3H3. The fourth-order valence-electron chi connectivity index (χ4n) is 4.56. The van der Waals surface area contributed by atoms with Crippen LogP contribution < -0.4 is 24.7 Å². The number of nitriles is 1. The molecule has 1 unspecified atom stereocenters. The van der Waals surface area contributed by atoms with Gasteiger partial charge in [-0.3, -0.25) is 0 Å². The van der Waals surface area contributed by atoms with Crippen LogP contribution in [0.5, 0.6) is 23.0 Å². The van der Waals surface area contributed by atoms with E-state index in [-0.39, 0.29) is 12.0 Å². The number of nitrogens with two attached hydrogens (primary N) is 1. The largest absolute Gasteiger partial charge is 0.491 e. The summed E-state index contributed by atoms with van der Waals surface area (Å²) in [4.78, 5) is 12.8. The van der Waals surface area contributed by atoms with E-state index in [1.54, 1.807) is 42.5 Å². The van der Waals surface area contributed by atoms with E-state index in [2.05, 4.69) is 18.2 Å². The maximum Gasteiger partial charge on any atom is 0.343 e. The van der Waals surface area contributed by atoms with Gasteiger partial charge in [0.1, 0.15) is 41.2 Å². The Morgan fingerprint density at radius 1 is 0.927 bits per heavy atom. The van der Waals surface area contributed by atoms with Crippen molar-refractivity contribution in [3.05, 3.63) is 130 Å². The van der Waals surface area contributed by atoms with Crippen LogP contribution in [0.2, 0.25) is 0 Å². The summed E-state index contributed by atoms with van der Waals surface area (Å²) in [5.41, 5.74) is 10.7. The first-order valence-corrected chi connectivity index (χ1v) is 13.3. The van der Waals surface area contributed by atoms with Crippen molar-refractivity contribution in [3.63, 3.8) is 0 Å². The smallest absolute Gasteiger partial charge is 0.343 e. The molecule has 0 fully saturated rings. The molecule has 0 aromatic heterocycles. The average Bonchev–Trinajstić information content (AvgIpc) is 2.96. The normalized spacial score (nSPS) is 14.1. The number of ether oxygens (including phenoxy) is 4. The zero-order chi connectivity index (χ0) is 28.9. The minimum Gasteiger partial charge on any atom is -0.491 e. The molecule has 0 saturated heterocycles. The Hall–Kier alpha value is -5.22. The van der Waals surface area contributed by atoms with Crippen molar-refractivity contribution >= 4 is 5.97 Å². The average molecular weight is 547 g/mol. The lowest BCUT2D eigenvalue weighted by molar-refractivity contribution is 0.0734. The minimum atomic E-state index is -0.518. The van der Waals surface area contributed by atoms with Gasteiger partial charge in [0.05, 0.1) is 17.6 Å². The Labute approximate surface area is 239 Å². The highest BCUT2D eigenvalue weighted by molar-refractivity contribution is 5.91. The Kier molecular flexibility index (Phi) is 7.93. The highest BCUT2D eigenvalue weighted by Crippen LogP contribution is 2.43. The van der Waals surface area contributed by atoms with Crippen LogP contribution in [0, 0.1) is 18.3 Å². The summed E-state index contributed by atoms with van der Waals surface area (Å²) >= 11 is 0. The van der Waals surface area contributed by atoms with E-state index in [4.69, 9.17) is 24.7 Å². The van der Waals surface area contributed by atoms with E-state index in [0.717, 1.165) is 16.7 Å². The van der Waals surface area contributed by atoms with E-state index in [1.165, 1.54) is 5.56 Å². The van der Waals surface area contributed by atoms with Crippen LogP contribution in [0.15, 0.2) is 102 Å². The molecule has 2 N–H and O–H groups in total. The van der Waals surface area contributed by atoms with E-state index in [0.29, 0.717) is 40.7 Å². The molecule has 41 heavy (non-hydrogen) atoms. The van der Waals surface area contributed by atoms with Gasteiger partial charge < -0.3 is 24.7 Å². The molecule has 0 aliphatic carbocycles. The highest BCUT2D eigenvalue weighted by atomic mass is 16.5. The van der Waals surface area contributed by atoms with Gasteiger partial charge in [0.2, 0.25) is 5.88 Å². The lowest BCUT2D eigenvalue weighted by Crippen LogP contribution is -2.21. The van der Waals surface area contributed by atoms with Gasteiger partial charge in [0.15, 0.2) is 0 Å². The van der Waals surface area contributed by atoms with Gasteiger partial charge in [-0.1, -0.05) is 48.0 Å². The number of fused-ring (bicyclic) bond motifs is 1. The summed E-state index contributed by atoms with van der Waals surface area (Å²) < 4.78 is 23.0. The van der Waals surface area contributed by atoms with E-state index in [9.17, 15) is 10.1 Å². The SMILES string of the molecule is Cc1ccc(COc2ccc(C3C(C#N)=C(N)Oc4cc(OC(=O)c5ccc(OC(C)C)cc5)ccc43)cc2)cc1. The van der Waals surface area contributed by atoms with Crippen molar-refractivity contribution in [1.29, 1.82) is 5.26 Å². The Morgan fingerprint density at radius 2 is 1.59 bits per heavy atom. The molecule has 1 atom stereocenters. The topological polar surface area (TPSA) is 104 Å². The van der Waals surface area contributed by atoms with Crippen molar-refractivity contribution in [1.82, 2.24) is 0 Å². The predicted molar refractivity (Wildman–Crippen MR) is 155 cm³/mol. The van der Waals surface area contributed by atoms with Gasteiger partial charge in [0, 0.05) is 11.6 Å². The van der Waals surface area contributed by atoms with Gasteiger partial charge in [-0.2, -0.15) is 5.26 Å². The molecule has 0 radical (unpaired) electrons. The van der Waals surface area contributed by atoms with Crippen LogP contribution in [-0.2, 0) is 6.61 Å². The molecule has 4 aromatic carbocycles. The highest BCUT2D eigenvalue weighted by Gasteiger charge is 2.31. The number of hydrogen-bond acceptors (Lipinski definition) is 7. The molecular formula is C34H30N2O5. The van der Waals surface area contributed by atoms with Crippen molar-refractivity contribution in [2.24, 2.45) is 5.73 Å². The van der Waals surface area contributed by atoms with Gasteiger partial charge in [-0.15, -0.1) is 0 Å². The third-order valence-corrected chi connectivity index (χ3v) is 6.60. The van der Waals surface area contributed by atoms with Crippen LogP contribution in [0.3, 0.4) is 0 Å². The van der Waals surface area contributed by atoms with Crippen LogP contribution >= 0.6 is 0 Å². The number of hydrogen-bond donors (Lipinski definition) is 1. The lowest BCUT2D eigenvalue weighted by atomic mass is 9.83. The van der Waals surface area contributed by atoms with E-state index >= 15 is 0 Å². The maximum atomic E-state index is 12.8. The van der Waals surface area contributed by atoms with Crippen LogP contribution in [0.4, 0.5) is 0 Å². The second-order valence-corrected chi connectivity index (χ2v) is 10.0. The Morgan fingerprint density at radius 3 is 2.24 bits per heavy atom. The molecule has 1 aliphatic rings. The second kappa shape index (κ2) is 11.9. The van der Waals surface area contributed by atoms with Crippen molar-refractivity contribution < 1.29 is 23.7 Å². The first kappa shape index (κ1) is 27.4. The molecule has 0 spiro atoms. The fraction of sp³-hybridized carbons (Fsp3) is 0.176. The molecule has 0 amide bonds. The number of benzene rings is 4. The molecule has 0 bridgehead atoms. The molecule has 1 heterocycles. The zero-order valence-electron chi connectivity index (χ0n) is 23.1. The number of carbonyl (C=O) groups is 1.